The lowest BCUT2D eigenvalue weighted by atomic mass is 9.65. The van der Waals surface area contributed by atoms with Crippen LogP contribution in [0.2, 0.25) is 0 Å². The van der Waals surface area contributed by atoms with Gasteiger partial charge in [0, 0.05) is 0 Å². The van der Waals surface area contributed by atoms with Crippen LogP contribution in [0.15, 0.2) is 0 Å². The topological polar surface area (TPSA) is 52.6 Å². The van der Waals surface area contributed by atoms with E-state index in [1.807, 2.05) is 20.8 Å². The molecule has 2 atom stereocenters. The number of hydrogen-bond acceptors (Lipinski definition) is 4. The minimum absolute atomic E-state index is 0.199. The largest absolute Gasteiger partial charge is 0.466 e. The van der Waals surface area contributed by atoms with E-state index in [-0.39, 0.29) is 17.9 Å². The Balaban J connectivity index is 2.93. The number of hydrogen-bond donors (Lipinski definition) is 0. The molecule has 1 fully saturated rings. The Kier molecular flexibility index (Phi) is 4.41. The number of carbonyl (C=O) groups is 2. The number of rotatable bonds is 4. The maximum Gasteiger partial charge on any atom is 0.312 e. The highest BCUT2D eigenvalue weighted by Crippen LogP contribution is 2.56. The van der Waals surface area contributed by atoms with Crippen LogP contribution >= 0.6 is 0 Å². The second-order valence-electron chi connectivity index (χ2n) is 5.62. The Morgan fingerprint density at radius 3 is 2.17 bits per heavy atom. The third-order valence-corrected chi connectivity index (χ3v) is 4.52. The van der Waals surface area contributed by atoms with Crippen LogP contribution in [-0.2, 0) is 19.1 Å². The Morgan fingerprint density at radius 1 is 1.11 bits per heavy atom. The maximum atomic E-state index is 12.1. The van der Waals surface area contributed by atoms with Crippen molar-refractivity contribution in [1.29, 1.82) is 0 Å². The Bertz CT molecular complexity index is 335. The molecule has 1 rings (SSSR count). The average Bonchev–Trinajstić information content (AvgIpc) is 2.52. The van der Waals surface area contributed by atoms with Crippen molar-refractivity contribution in [2.24, 2.45) is 16.7 Å². The van der Waals surface area contributed by atoms with Crippen molar-refractivity contribution in [2.45, 2.75) is 47.5 Å². The van der Waals surface area contributed by atoms with Gasteiger partial charge in [-0.25, -0.2) is 0 Å². The second-order valence-corrected chi connectivity index (χ2v) is 5.62. The summed E-state index contributed by atoms with van der Waals surface area (Å²) in [5.74, 6) is -0.635. The van der Waals surface area contributed by atoms with Crippen LogP contribution in [0.25, 0.3) is 0 Å². The van der Waals surface area contributed by atoms with Crippen molar-refractivity contribution in [2.75, 3.05) is 13.2 Å². The van der Waals surface area contributed by atoms with Crippen LogP contribution in [0, 0.1) is 16.7 Å². The molecule has 1 aliphatic rings. The van der Waals surface area contributed by atoms with Gasteiger partial charge in [-0.2, -0.15) is 0 Å². The second kappa shape index (κ2) is 5.29. The number of esters is 2. The molecule has 4 nitrogen and oxygen atoms in total. The lowest BCUT2D eigenvalue weighted by Crippen LogP contribution is -2.44. The first-order valence-corrected chi connectivity index (χ1v) is 6.65. The van der Waals surface area contributed by atoms with E-state index in [1.54, 1.807) is 13.8 Å². The zero-order chi connectivity index (χ0) is 14.0. The van der Waals surface area contributed by atoms with Gasteiger partial charge in [-0.3, -0.25) is 9.59 Å². The highest BCUT2D eigenvalue weighted by atomic mass is 16.5. The van der Waals surface area contributed by atoms with Crippen molar-refractivity contribution in [3.63, 3.8) is 0 Å². The van der Waals surface area contributed by atoms with E-state index in [0.29, 0.717) is 26.1 Å². The van der Waals surface area contributed by atoms with Crippen molar-refractivity contribution < 1.29 is 19.1 Å². The standard InChI is InChI=1S/C14H24O4/c1-6-17-11(15)10-8-9-14(5,13(10,3)4)12(16)18-7-2/h10H,6-9H2,1-5H3/t10-,14+/m1/s1. The first kappa shape index (κ1) is 15.0. The fraction of sp³-hybridized carbons (Fsp3) is 0.857. The molecule has 4 heteroatoms. The van der Waals surface area contributed by atoms with Gasteiger partial charge < -0.3 is 9.47 Å². The minimum atomic E-state index is -0.611. The molecule has 1 aliphatic carbocycles. The van der Waals surface area contributed by atoms with E-state index in [4.69, 9.17) is 9.47 Å². The molecule has 0 N–H and O–H groups in total. The van der Waals surface area contributed by atoms with E-state index in [1.165, 1.54) is 0 Å². The molecule has 0 amide bonds. The van der Waals surface area contributed by atoms with E-state index >= 15 is 0 Å². The summed E-state index contributed by atoms with van der Waals surface area (Å²) >= 11 is 0. The summed E-state index contributed by atoms with van der Waals surface area (Å²) in [6.45, 7) is 10.1. The van der Waals surface area contributed by atoms with Crippen molar-refractivity contribution in [1.82, 2.24) is 0 Å². The van der Waals surface area contributed by atoms with Crippen LogP contribution in [0.1, 0.15) is 47.5 Å². The smallest absolute Gasteiger partial charge is 0.312 e. The summed E-state index contributed by atoms with van der Waals surface area (Å²) in [4.78, 5) is 24.1. The molecule has 0 spiro atoms. The predicted molar refractivity (Wildman–Crippen MR) is 67.9 cm³/mol. The number of carbonyl (C=O) groups excluding carboxylic acids is 2. The molecule has 1 saturated carbocycles. The Labute approximate surface area is 109 Å². The molecule has 0 aromatic carbocycles. The summed E-state index contributed by atoms with van der Waals surface area (Å²) in [6, 6.07) is 0. The molecular formula is C14H24O4. The Hall–Kier alpha value is -1.06. The first-order valence-electron chi connectivity index (χ1n) is 6.65. The molecule has 0 saturated heterocycles. The van der Waals surface area contributed by atoms with Crippen LogP contribution in [0.3, 0.4) is 0 Å². The normalized spacial score (nSPS) is 29.9. The molecule has 0 unspecified atom stereocenters. The zero-order valence-electron chi connectivity index (χ0n) is 12.0. The van der Waals surface area contributed by atoms with Crippen LogP contribution in [0.5, 0.6) is 0 Å². The highest BCUT2D eigenvalue weighted by Gasteiger charge is 2.59. The third-order valence-electron chi connectivity index (χ3n) is 4.52. The van der Waals surface area contributed by atoms with Gasteiger partial charge in [0.15, 0.2) is 0 Å². The third kappa shape index (κ3) is 2.25. The maximum absolute atomic E-state index is 12.1. The highest BCUT2D eigenvalue weighted by molar-refractivity contribution is 5.82. The quantitative estimate of drug-likeness (QED) is 0.725. The molecule has 104 valence electrons. The fourth-order valence-corrected chi connectivity index (χ4v) is 2.81. The summed E-state index contributed by atoms with van der Waals surface area (Å²) in [5.41, 5.74) is -1.05. The Morgan fingerprint density at radius 2 is 1.67 bits per heavy atom. The van der Waals surface area contributed by atoms with Gasteiger partial charge in [-0.1, -0.05) is 13.8 Å². The van der Waals surface area contributed by atoms with Crippen molar-refractivity contribution >= 4 is 11.9 Å². The van der Waals surface area contributed by atoms with Gasteiger partial charge in [0.05, 0.1) is 24.5 Å². The molecule has 0 aromatic heterocycles. The molecule has 0 radical (unpaired) electrons. The fourth-order valence-electron chi connectivity index (χ4n) is 2.81. The van der Waals surface area contributed by atoms with Gasteiger partial charge in [0.2, 0.25) is 0 Å². The van der Waals surface area contributed by atoms with E-state index in [0.717, 1.165) is 0 Å². The summed E-state index contributed by atoms with van der Waals surface area (Å²) < 4.78 is 10.3. The van der Waals surface area contributed by atoms with Crippen LogP contribution in [-0.4, -0.2) is 25.2 Å². The van der Waals surface area contributed by atoms with Gasteiger partial charge in [-0.15, -0.1) is 0 Å². The minimum Gasteiger partial charge on any atom is -0.466 e. The first-order chi connectivity index (χ1) is 8.31. The molecule has 0 aromatic rings. The molecular weight excluding hydrogens is 232 g/mol. The lowest BCUT2D eigenvalue weighted by molar-refractivity contribution is -0.164. The lowest BCUT2D eigenvalue weighted by Gasteiger charge is -2.38. The van der Waals surface area contributed by atoms with E-state index in [2.05, 4.69) is 0 Å². The molecule has 0 aliphatic heterocycles. The SMILES string of the molecule is CCOC(=O)[C@H]1CC[C@@](C)(C(=O)OCC)C1(C)C. The van der Waals surface area contributed by atoms with Gasteiger partial charge >= 0.3 is 11.9 Å². The van der Waals surface area contributed by atoms with Crippen LogP contribution in [0.4, 0.5) is 0 Å². The van der Waals surface area contributed by atoms with Crippen molar-refractivity contribution in [3.05, 3.63) is 0 Å². The summed E-state index contributed by atoms with van der Waals surface area (Å²) in [7, 11) is 0. The molecule has 18 heavy (non-hydrogen) atoms. The average molecular weight is 256 g/mol. The molecule has 0 heterocycles. The van der Waals surface area contributed by atoms with Gasteiger partial charge in [0.1, 0.15) is 0 Å². The predicted octanol–water partition coefficient (Wildman–Crippen LogP) is 2.56. The summed E-state index contributed by atoms with van der Waals surface area (Å²) in [5, 5.41) is 0. The summed E-state index contributed by atoms with van der Waals surface area (Å²) in [6.07, 6.45) is 1.35. The van der Waals surface area contributed by atoms with E-state index < -0.39 is 10.8 Å². The monoisotopic (exact) mass is 256 g/mol. The zero-order valence-corrected chi connectivity index (χ0v) is 12.0. The van der Waals surface area contributed by atoms with Crippen molar-refractivity contribution in [3.8, 4) is 0 Å². The molecule has 0 bridgehead atoms. The van der Waals surface area contributed by atoms with Crippen LogP contribution < -0.4 is 0 Å². The number of ether oxygens (including phenoxy) is 2. The van der Waals surface area contributed by atoms with Gasteiger partial charge in [-0.05, 0) is 39.0 Å². The van der Waals surface area contributed by atoms with E-state index in [9.17, 15) is 9.59 Å². The van der Waals surface area contributed by atoms with Gasteiger partial charge in [0.25, 0.3) is 0 Å².